The standard InChI is InChI=1S/C3H6O.Y/c1-3(2)4;/h1-2H3;. The first-order chi connectivity index (χ1) is 1.73. The van der Waals surface area contributed by atoms with Crippen LogP contribution in [0.25, 0.3) is 0 Å². The van der Waals surface area contributed by atoms with Gasteiger partial charge in [0.15, 0.2) is 0 Å². The summed E-state index contributed by atoms with van der Waals surface area (Å²) in [5.74, 6) is 0.167. The van der Waals surface area contributed by atoms with Crippen molar-refractivity contribution in [1.29, 1.82) is 0 Å². The van der Waals surface area contributed by atoms with Crippen LogP contribution in [-0.2, 0) is 37.5 Å². The predicted octanol–water partition coefficient (Wildman–Crippen LogP) is 0.593. The number of carbonyl (C=O) groups is 1. The van der Waals surface area contributed by atoms with Crippen LogP contribution < -0.4 is 0 Å². The summed E-state index contributed by atoms with van der Waals surface area (Å²) in [5, 5.41) is 0. The van der Waals surface area contributed by atoms with Crippen molar-refractivity contribution in [2.45, 2.75) is 13.8 Å². The van der Waals surface area contributed by atoms with Crippen molar-refractivity contribution >= 4 is 5.78 Å². The fourth-order valence-electron chi connectivity index (χ4n) is 0. The molecule has 0 aromatic heterocycles. The van der Waals surface area contributed by atoms with E-state index in [0.29, 0.717) is 0 Å². The van der Waals surface area contributed by atoms with Gasteiger partial charge in [-0.1, -0.05) is 0 Å². The van der Waals surface area contributed by atoms with Crippen molar-refractivity contribution in [3.05, 3.63) is 0 Å². The van der Waals surface area contributed by atoms with Gasteiger partial charge < -0.3 is 4.79 Å². The molecule has 0 saturated heterocycles. The van der Waals surface area contributed by atoms with Gasteiger partial charge in [-0.3, -0.25) is 0 Å². The van der Waals surface area contributed by atoms with Crippen LogP contribution in [0.3, 0.4) is 0 Å². The van der Waals surface area contributed by atoms with Crippen molar-refractivity contribution in [2.75, 3.05) is 0 Å². The average Bonchev–Trinajstić information content (AvgIpc) is 0.811. The maximum Gasteiger partial charge on any atom is 0.126 e. The van der Waals surface area contributed by atoms with Crippen LogP contribution in [0.4, 0.5) is 0 Å². The van der Waals surface area contributed by atoms with Crippen LogP contribution in [0.15, 0.2) is 0 Å². The van der Waals surface area contributed by atoms with E-state index in [1.165, 1.54) is 13.8 Å². The Morgan fingerprint density at radius 3 is 1.40 bits per heavy atom. The molecule has 0 saturated carbocycles. The summed E-state index contributed by atoms with van der Waals surface area (Å²) >= 11 is 0. The number of ketones is 1. The summed E-state index contributed by atoms with van der Waals surface area (Å²) in [6.07, 6.45) is 0. The van der Waals surface area contributed by atoms with E-state index in [9.17, 15) is 4.79 Å². The number of hydrogen-bond donors (Lipinski definition) is 0. The van der Waals surface area contributed by atoms with Gasteiger partial charge in [-0.05, 0) is 13.8 Å². The Bertz CT molecular complexity index is 29.9. The molecule has 0 aromatic rings. The summed E-state index contributed by atoms with van der Waals surface area (Å²) in [6.45, 7) is 3.06. The van der Waals surface area contributed by atoms with Crippen LogP contribution >= 0.6 is 0 Å². The summed E-state index contributed by atoms with van der Waals surface area (Å²) in [6, 6.07) is 0. The number of hydrogen-bond acceptors (Lipinski definition) is 1. The Kier molecular flexibility index (Phi) is 8.82. The third-order valence-corrected chi connectivity index (χ3v) is 0. The predicted molar refractivity (Wildman–Crippen MR) is 16.4 cm³/mol. The average molecular weight is 147 g/mol. The maximum absolute atomic E-state index is 9.44. The molecule has 0 bridgehead atoms. The number of rotatable bonds is 0. The van der Waals surface area contributed by atoms with Gasteiger partial charge in [-0.15, -0.1) is 0 Å². The molecule has 0 atom stereocenters. The molecule has 0 rings (SSSR count). The minimum absolute atomic E-state index is 0. The molecule has 0 heterocycles. The van der Waals surface area contributed by atoms with Crippen LogP contribution in [0.5, 0.6) is 0 Å². The zero-order valence-corrected chi connectivity index (χ0v) is 6.32. The number of carbonyl (C=O) groups excluding carboxylic acids is 1. The quantitative estimate of drug-likeness (QED) is 0.490. The number of Topliss-reactive ketones (excluding diaryl/α,β-unsaturated/α-hetero) is 1. The molecule has 0 aromatic carbocycles. The minimum atomic E-state index is 0. The van der Waals surface area contributed by atoms with Crippen molar-refractivity contribution in [2.24, 2.45) is 0 Å². The van der Waals surface area contributed by atoms with E-state index >= 15 is 0 Å². The fraction of sp³-hybridized carbons (Fsp3) is 0.667. The summed E-state index contributed by atoms with van der Waals surface area (Å²) in [4.78, 5) is 9.44. The molecule has 0 aliphatic heterocycles. The van der Waals surface area contributed by atoms with Crippen molar-refractivity contribution in [3.8, 4) is 0 Å². The van der Waals surface area contributed by atoms with E-state index in [-0.39, 0.29) is 38.5 Å². The molecule has 27 valence electrons. The van der Waals surface area contributed by atoms with Crippen LogP contribution in [0, 0.1) is 0 Å². The smallest absolute Gasteiger partial charge is 0.126 e. The Hall–Kier alpha value is 0.774. The molecule has 1 radical (unpaired) electrons. The van der Waals surface area contributed by atoms with Gasteiger partial charge in [-0.2, -0.15) is 0 Å². The Morgan fingerprint density at radius 1 is 1.40 bits per heavy atom. The van der Waals surface area contributed by atoms with Gasteiger partial charge in [0.1, 0.15) is 5.78 Å². The monoisotopic (exact) mass is 147 g/mol. The van der Waals surface area contributed by atoms with Crippen molar-refractivity contribution < 1.29 is 37.5 Å². The molecule has 1 nitrogen and oxygen atoms in total. The van der Waals surface area contributed by atoms with Gasteiger partial charge >= 0.3 is 0 Å². The van der Waals surface area contributed by atoms with Gasteiger partial charge in [-0.25, -0.2) is 0 Å². The third-order valence-electron chi connectivity index (χ3n) is 0. The molecular weight excluding hydrogens is 141 g/mol. The van der Waals surface area contributed by atoms with Crippen molar-refractivity contribution in [1.82, 2.24) is 0 Å². The molecule has 0 N–H and O–H groups in total. The Balaban J connectivity index is 0. The normalized spacial score (nSPS) is 5.20. The first kappa shape index (κ1) is 9.24. The van der Waals surface area contributed by atoms with E-state index in [4.69, 9.17) is 0 Å². The van der Waals surface area contributed by atoms with E-state index < -0.39 is 0 Å². The molecule has 0 unspecified atom stereocenters. The molecular formula is C3H6OY. The minimum Gasteiger partial charge on any atom is -0.300 e. The second kappa shape index (κ2) is 4.77. The molecule has 0 spiro atoms. The fourth-order valence-corrected chi connectivity index (χ4v) is 0. The second-order valence-electron chi connectivity index (χ2n) is 0.908. The van der Waals surface area contributed by atoms with Gasteiger partial charge in [0.25, 0.3) is 0 Å². The van der Waals surface area contributed by atoms with Gasteiger partial charge in [0.05, 0.1) is 0 Å². The second-order valence-corrected chi connectivity index (χ2v) is 0.908. The van der Waals surface area contributed by atoms with E-state index in [2.05, 4.69) is 0 Å². The summed E-state index contributed by atoms with van der Waals surface area (Å²) < 4.78 is 0. The first-order valence-corrected chi connectivity index (χ1v) is 1.20. The largest absolute Gasteiger partial charge is 0.300 e. The van der Waals surface area contributed by atoms with Gasteiger partial charge in [0.2, 0.25) is 0 Å². The zero-order chi connectivity index (χ0) is 3.58. The molecule has 2 heteroatoms. The Morgan fingerprint density at radius 2 is 1.40 bits per heavy atom. The third kappa shape index (κ3) is 61.3. The summed E-state index contributed by atoms with van der Waals surface area (Å²) in [5.41, 5.74) is 0. The zero-order valence-electron chi connectivity index (χ0n) is 3.49. The summed E-state index contributed by atoms with van der Waals surface area (Å²) in [7, 11) is 0. The topological polar surface area (TPSA) is 17.1 Å². The van der Waals surface area contributed by atoms with Gasteiger partial charge in [0, 0.05) is 32.7 Å². The van der Waals surface area contributed by atoms with Crippen LogP contribution in [0.1, 0.15) is 13.8 Å². The molecule has 0 amide bonds. The Labute approximate surface area is 57.0 Å². The first-order valence-electron chi connectivity index (χ1n) is 1.20. The van der Waals surface area contributed by atoms with Crippen LogP contribution in [0.2, 0.25) is 0 Å². The van der Waals surface area contributed by atoms with E-state index in [1.807, 2.05) is 0 Å². The molecule has 0 aliphatic rings. The molecule has 0 aliphatic carbocycles. The van der Waals surface area contributed by atoms with Crippen molar-refractivity contribution in [3.63, 3.8) is 0 Å². The van der Waals surface area contributed by atoms with Crippen LogP contribution in [-0.4, -0.2) is 5.78 Å². The van der Waals surface area contributed by atoms with E-state index in [1.54, 1.807) is 0 Å². The SMILES string of the molecule is CC(C)=O.[Y]. The van der Waals surface area contributed by atoms with E-state index in [0.717, 1.165) is 0 Å². The molecule has 0 fully saturated rings. The molecule has 5 heavy (non-hydrogen) atoms. The maximum atomic E-state index is 9.44.